The van der Waals surface area contributed by atoms with Crippen LogP contribution in [-0.2, 0) is 11.2 Å². The molecule has 1 aliphatic rings. The van der Waals surface area contributed by atoms with Crippen LogP contribution in [0.5, 0.6) is 0 Å². The molecule has 1 amide bonds. The Morgan fingerprint density at radius 3 is 2.38 bits per heavy atom. The number of carbonyl (C=O) groups is 1. The Morgan fingerprint density at radius 2 is 1.62 bits per heavy atom. The Hall–Kier alpha value is -3.12. The molecular weight excluding hydrogens is 386 g/mol. The van der Waals surface area contributed by atoms with E-state index in [1.54, 1.807) is 6.07 Å². The van der Waals surface area contributed by atoms with Gasteiger partial charge in [0.2, 0.25) is 5.91 Å². The molecule has 4 rings (SSSR count). The van der Waals surface area contributed by atoms with Crippen LogP contribution >= 0.6 is 11.6 Å². The number of amides is 1. The van der Waals surface area contributed by atoms with E-state index < -0.39 is 0 Å². The van der Waals surface area contributed by atoms with Crippen LogP contribution in [0.1, 0.15) is 5.56 Å². The van der Waals surface area contributed by atoms with Crippen molar-refractivity contribution < 1.29 is 4.79 Å². The maximum Gasteiger partial charge on any atom is 0.230 e. The van der Waals surface area contributed by atoms with E-state index in [-0.39, 0.29) is 12.3 Å². The van der Waals surface area contributed by atoms with E-state index in [1.165, 1.54) is 12.0 Å². The number of rotatable bonds is 5. The Balaban J connectivity index is 1.36. The molecule has 1 aliphatic heterocycles. The normalized spacial score (nSPS) is 14.0. The number of nitrogens with one attached hydrogen (secondary N) is 1. The lowest BCUT2D eigenvalue weighted by Crippen LogP contribution is -2.46. The predicted molar refractivity (Wildman–Crippen MR) is 117 cm³/mol. The van der Waals surface area contributed by atoms with Gasteiger partial charge in [0, 0.05) is 43.0 Å². The van der Waals surface area contributed by atoms with E-state index in [9.17, 15) is 4.79 Å². The zero-order valence-corrected chi connectivity index (χ0v) is 16.7. The molecule has 7 heteroatoms. The molecule has 1 fully saturated rings. The van der Waals surface area contributed by atoms with Crippen molar-refractivity contribution in [1.29, 1.82) is 0 Å². The van der Waals surface area contributed by atoms with E-state index in [4.69, 9.17) is 11.6 Å². The summed E-state index contributed by atoms with van der Waals surface area (Å²) < 4.78 is 0. The number of carbonyl (C=O) groups excluding carboxylic acids is 1. The predicted octanol–water partition coefficient (Wildman–Crippen LogP) is 3.64. The smallest absolute Gasteiger partial charge is 0.230 e. The SMILES string of the molecule is O=C(Cc1ccccc1Cl)Nc1cc(N2CCN(c3ccccc3)CC2)ncn1. The average Bonchev–Trinajstić information content (AvgIpc) is 2.76. The molecule has 0 bridgehead atoms. The second-order valence-electron chi connectivity index (χ2n) is 6.89. The van der Waals surface area contributed by atoms with Gasteiger partial charge in [-0.1, -0.05) is 48.0 Å². The van der Waals surface area contributed by atoms with Gasteiger partial charge in [0.15, 0.2) is 0 Å². The molecule has 0 spiro atoms. The minimum Gasteiger partial charge on any atom is -0.368 e. The molecule has 1 aromatic heterocycles. The number of nitrogens with zero attached hydrogens (tertiary/aromatic N) is 4. The lowest BCUT2D eigenvalue weighted by atomic mass is 10.1. The standard InChI is InChI=1S/C22H22ClN5O/c23-19-9-5-4-6-17(19)14-22(29)26-20-15-21(25-16-24-20)28-12-10-27(11-13-28)18-7-2-1-3-8-18/h1-9,15-16H,10-14H2,(H,24,25,26,29). The van der Waals surface area contributed by atoms with Crippen molar-refractivity contribution >= 4 is 34.8 Å². The monoisotopic (exact) mass is 407 g/mol. The van der Waals surface area contributed by atoms with E-state index in [0.29, 0.717) is 10.8 Å². The molecule has 2 aromatic carbocycles. The molecular formula is C22H22ClN5O. The number of hydrogen-bond acceptors (Lipinski definition) is 5. The lowest BCUT2D eigenvalue weighted by Gasteiger charge is -2.36. The van der Waals surface area contributed by atoms with Crippen molar-refractivity contribution in [2.45, 2.75) is 6.42 Å². The molecule has 1 saturated heterocycles. The van der Waals surface area contributed by atoms with Gasteiger partial charge in [-0.15, -0.1) is 0 Å². The van der Waals surface area contributed by atoms with E-state index in [1.807, 2.05) is 30.3 Å². The third-order valence-corrected chi connectivity index (χ3v) is 5.32. The van der Waals surface area contributed by atoms with Crippen molar-refractivity contribution in [3.05, 3.63) is 77.6 Å². The molecule has 1 N–H and O–H groups in total. The van der Waals surface area contributed by atoms with Crippen molar-refractivity contribution in [3.8, 4) is 0 Å². The Morgan fingerprint density at radius 1 is 0.931 bits per heavy atom. The molecule has 0 unspecified atom stereocenters. The summed E-state index contributed by atoms with van der Waals surface area (Å²) in [5.41, 5.74) is 2.03. The van der Waals surface area contributed by atoms with Gasteiger partial charge in [0.05, 0.1) is 6.42 Å². The van der Waals surface area contributed by atoms with Crippen LogP contribution in [0, 0.1) is 0 Å². The topological polar surface area (TPSA) is 61.4 Å². The molecule has 0 atom stereocenters. The summed E-state index contributed by atoms with van der Waals surface area (Å²) in [5, 5.41) is 3.43. The van der Waals surface area contributed by atoms with Crippen LogP contribution in [0.25, 0.3) is 0 Å². The number of aromatic nitrogens is 2. The number of para-hydroxylation sites is 1. The zero-order chi connectivity index (χ0) is 20.1. The van der Waals surface area contributed by atoms with Gasteiger partial charge in [-0.2, -0.15) is 0 Å². The van der Waals surface area contributed by atoms with Gasteiger partial charge < -0.3 is 15.1 Å². The van der Waals surface area contributed by atoms with Crippen LogP contribution in [0.2, 0.25) is 5.02 Å². The highest BCUT2D eigenvalue weighted by atomic mass is 35.5. The number of hydrogen-bond donors (Lipinski definition) is 1. The Kier molecular flexibility index (Phi) is 5.91. The number of anilines is 3. The summed E-state index contributed by atoms with van der Waals surface area (Å²) in [6, 6.07) is 19.6. The van der Waals surface area contributed by atoms with Crippen LogP contribution in [0.4, 0.5) is 17.3 Å². The highest BCUT2D eigenvalue weighted by Gasteiger charge is 2.19. The Labute approximate surface area is 175 Å². The summed E-state index contributed by atoms with van der Waals surface area (Å²) in [7, 11) is 0. The van der Waals surface area contributed by atoms with Gasteiger partial charge >= 0.3 is 0 Å². The highest BCUT2D eigenvalue weighted by Crippen LogP contribution is 2.21. The zero-order valence-electron chi connectivity index (χ0n) is 16.0. The third kappa shape index (κ3) is 4.84. The molecule has 2 heterocycles. The maximum atomic E-state index is 12.4. The highest BCUT2D eigenvalue weighted by molar-refractivity contribution is 6.31. The summed E-state index contributed by atoms with van der Waals surface area (Å²) in [6.07, 6.45) is 1.69. The Bertz CT molecular complexity index is 974. The molecule has 6 nitrogen and oxygen atoms in total. The van der Waals surface area contributed by atoms with E-state index in [0.717, 1.165) is 37.6 Å². The minimum atomic E-state index is -0.156. The van der Waals surface area contributed by atoms with Gasteiger partial charge in [-0.3, -0.25) is 4.79 Å². The summed E-state index contributed by atoms with van der Waals surface area (Å²) in [4.78, 5) is 25.5. The maximum absolute atomic E-state index is 12.4. The van der Waals surface area contributed by atoms with Crippen LogP contribution in [0.15, 0.2) is 67.0 Å². The first-order valence-electron chi connectivity index (χ1n) is 9.59. The largest absolute Gasteiger partial charge is 0.368 e. The second-order valence-corrected chi connectivity index (χ2v) is 7.29. The van der Waals surface area contributed by atoms with Gasteiger partial charge in [-0.05, 0) is 23.8 Å². The summed E-state index contributed by atoms with van der Waals surface area (Å²) in [5.74, 6) is 1.16. The first-order chi connectivity index (χ1) is 14.2. The molecule has 29 heavy (non-hydrogen) atoms. The van der Waals surface area contributed by atoms with E-state index in [2.05, 4.69) is 49.4 Å². The number of halogens is 1. The molecule has 0 radical (unpaired) electrons. The summed E-state index contributed by atoms with van der Waals surface area (Å²) in [6.45, 7) is 3.56. The van der Waals surface area contributed by atoms with Crippen LogP contribution < -0.4 is 15.1 Å². The number of piperazine rings is 1. The number of benzene rings is 2. The van der Waals surface area contributed by atoms with Crippen molar-refractivity contribution in [3.63, 3.8) is 0 Å². The first-order valence-corrected chi connectivity index (χ1v) is 9.97. The van der Waals surface area contributed by atoms with Crippen LogP contribution in [-0.4, -0.2) is 42.1 Å². The fraction of sp³-hybridized carbons (Fsp3) is 0.227. The average molecular weight is 408 g/mol. The van der Waals surface area contributed by atoms with Crippen molar-refractivity contribution in [2.24, 2.45) is 0 Å². The second kappa shape index (κ2) is 8.92. The van der Waals surface area contributed by atoms with Crippen molar-refractivity contribution in [2.75, 3.05) is 41.3 Å². The summed E-state index contributed by atoms with van der Waals surface area (Å²) >= 11 is 6.14. The van der Waals surface area contributed by atoms with Gasteiger partial charge in [0.25, 0.3) is 0 Å². The first kappa shape index (κ1) is 19.2. The molecule has 0 saturated carbocycles. The van der Waals surface area contributed by atoms with Gasteiger partial charge in [-0.25, -0.2) is 9.97 Å². The quantitative estimate of drug-likeness (QED) is 0.699. The third-order valence-electron chi connectivity index (χ3n) is 4.95. The molecule has 3 aromatic rings. The van der Waals surface area contributed by atoms with Gasteiger partial charge in [0.1, 0.15) is 18.0 Å². The fourth-order valence-electron chi connectivity index (χ4n) is 3.42. The molecule has 0 aliphatic carbocycles. The van der Waals surface area contributed by atoms with Crippen molar-refractivity contribution in [1.82, 2.24) is 9.97 Å². The minimum absolute atomic E-state index is 0.156. The van der Waals surface area contributed by atoms with E-state index >= 15 is 0 Å². The fourth-order valence-corrected chi connectivity index (χ4v) is 3.63. The van der Waals surface area contributed by atoms with Crippen LogP contribution in [0.3, 0.4) is 0 Å². The molecule has 148 valence electrons. The lowest BCUT2D eigenvalue weighted by molar-refractivity contribution is -0.115.